The van der Waals surface area contributed by atoms with Crippen LogP contribution in [0.4, 0.5) is 0 Å². The van der Waals surface area contributed by atoms with Crippen molar-refractivity contribution >= 4 is 0 Å². The molecule has 3 aromatic carbocycles. The summed E-state index contributed by atoms with van der Waals surface area (Å²) < 4.78 is 32.2. The number of ether oxygens (including phenoxy) is 5. The summed E-state index contributed by atoms with van der Waals surface area (Å²) in [5.41, 5.74) is 3.38. The largest absolute Gasteiger partial charge is 0.371 e. The van der Waals surface area contributed by atoms with E-state index in [4.69, 9.17) is 23.7 Å². The molecule has 1 aliphatic heterocycles. The van der Waals surface area contributed by atoms with Crippen LogP contribution < -0.4 is 0 Å². The first-order valence-electron chi connectivity index (χ1n) is 12.4. The predicted molar refractivity (Wildman–Crippen MR) is 133 cm³/mol. The lowest BCUT2D eigenvalue weighted by Gasteiger charge is -2.41. The van der Waals surface area contributed by atoms with Crippen molar-refractivity contribution in [3.05, 3.63) is 108 Å². The number of hydrogen-bond donors (Lipinski definition) is 0. The second kappa shape index (κ2) is 11.0. The van der Waals surface area contributed by atoms with E-state index in [0.29, 0.717) is 26.2 Å². The lowest BCUT2D eigenvalue weighted by atomic mass is 9.86. The molecule has 2 fully saturated rings. The average Bonchev–Trinajstić information content (AvgIpc) is 3.22. The number of benzene rings is 3. The Morgan fingerprint density at radius 1 is 0.600 bits per heavy atom. The van der Waals surface area contributed by atoms with Gasteiger partial charge in [0.1, 0.15) is 18.3 Å². The molecule has 0 bridgehead atoms. The van der Waals surface area contributed by atoms with Crippen molar-refractivity contribution in [3.63, 3.8) is 0 Å². The van der Waals surface area contributed by atoms with Gasteiger partial charge >= 0.3 is 0 Å². The number of hydrogen-bond acceptors (Lipinski definition) is 5. The van der Waals surface area contributed by atoms with Gasteiger partial charge in [-0.3, -0.25) is 0 Å². The average molecular weight is 475 g/mol. The first-order valence-corrected chi connectivity index (χ1v) is 12.4. The third-order valence-corrected chi connectivity index (χ3v) is 6.58. The van der Waals surface area contributed by atoms with Crippen LogP contribution in [-0.4, -0.2) is 36.3 Å². The summed E-state index contributed by atoms with van der Waals surface area (Å²) in [5, 5.41) is 0. The van der Waals surface area contributed by atoms with E-state index >= 15 is 0 Å². The SMILES string of the molecule is CC1(C)OC2[C@H](O1)C(OCc1ccccc1)C[C@H](OCc1ccccc1)[C@H]2OCc1ccccc1. The fraction of sp³-hybridized carbons (Fsp3) is 0.400. The minimum absolute atomic E-state index is 0.167. The quantitative estimate of drug-likeness (QED) is 0.400. The van der Waals surface area contributed by atoms with Gasteiger partial charge in [-0.2, -0.15) is 0 Å². The molecule has 3 aromatic rings. The van der Waals surface area contributed by atoms with E-state index in [0.717, 1.165) is 16.7 Å². The Morgan fingerprint density at radius 2 is 1.03 bits per heavy atom. The van der Waals surface area contributed by atoms with Gasteiger partial charge in [-0.15, -0.1) is 0 Å². The van der Waals surface area contributed by atoms with Gasteiger partial charge in [-0.1, -0.05) is 91.0 Å². The molecule has 1 saturated heterocycles. The van der Waals surface area contributed by atoms with Crippen LogP contribution in [0.2, 0.25) is 0 Å². The van der Waals surface area contributed by atoms with Crippen LogP contribution in [0.1, 0.15) is 37.0 Å². The molecule has 0 N–H and O–H groups in total. The topological polar surface area (TPSA) is 46.2 Å². The number of fused-ring (bicyclic) bond motifs is 1. The van der Waals surface area contributed by atoms with Crippen molar-refractivity contribution in [2.24, 2.45) is 0 Å². The lowest BCUT2D eigenvalue weighted by molar-refractivity contribution is -0.193. The molecule has 0 amide bonds. The summed E-state index contributed by atoms with van der Waals surface area (Å²) in [5.74, 6) is -0.716. The lowest BCUT2D eigenvalue weighted by Crippen LogP contribution is -2.56. The van der Waals surface area contributed by atoms with Crippen LogP contribution in [0.15, 0.2) is 91.0 Å². The van der Waals surface area contributed by atoms with Gasteiger partial charge in [-0.05, 0) is 30.5 Å². The Hall–Kier alpha value is -2.54. The van der Waals surface area contributed by atoms with Gasteiger partial charge in [0.25, 0.3) is 0 Å². The fourth-order valence-electron chi connectivity index (χ4n) is 4.92. The number of rotatable bonds is 9. The van der Waals surface area contributed by atoms with Crippen molar-refractivity contribution in [3.8, 4) is 0 Å². The van der Waals surface area contributed by atoms with E-state index in [9.17, 15) is 0 Å². The standard InChI is InChI=1S/C30H34O5/c1-30(2)34-28-26(32-20-23-14-8-4-9-15-23)18-25(31-19-22-12-6-3-7-13-22)27(29(28)35-30)33-21-24-16-10-5-11-17-24/h3-17,25-29H,18-21H2,1-2H3/t25-,26?,27+,28+,29?/m0/s1. The Bertz CT molecular complexity index is 1040. The van der Waals surface area contributed by atoms with E-state index in [2.05, 4.69) is 36.4 Å². The highest BCUT2D eigenvalue weighted by atomic mass is 16.8. The van der Waals surface area contributed by atoms with E-state index in [1.807, 2.05) is 68.4 Å². The molecule has 0 radical (unpaired) electrons. The molecular weight excluding hydrogens is 440 g/mol. The molecule has 5 rings (SSSR count). The first kappa shape index (κ1) is 24.2. The first-order chi connectivity index (χ1) is 17.1. The highest BCUT2D eigenvalue weighted by Crippen LogP contribution is 2.41. The third kappa shape index (κ3) is 6.18. The van der Waals surface area contributed by atoms with Crippen molar-refractivity contribution in [1.29, 1.82) is 0 Å². The van der Waals surface area contributed by atoms with Crippen molar-refractivity contribution in [2.75, 3.05) is 0 Å². The van der Waals surface area contributed by atoms with Crippen molar-refractivity contribution in [2.45, 2.75) is 76.4 Å². The van der Waals surface area contributed by atoms with Gasteiger partial charge in [0.2, 0.25) is 0 Å². The molecule has 35 heavy (non-hydrogen) atoms. The second-order valence-corrected chi connectivity index (χ2v) is 9.73. The van der Waals surface area contributed by atoms with Crippen molar-refractivity contribution in [1.82, 2.24) is 0 Å². The molecule has 1 heterocycles. The normalized spacial score (nSPS) is 27.4. The van der Waals surface area contributed by atoms with Crippen LogP contribution in [0.5, 0.6) is 0 Å². The third-order valence-electron chi connectivity index (χ3n) is 6.58. The summed E-state index contributed by atoms with van der Waals surface area (Å²) >= 11 is 0. The van der Waals surface area contributed by atoms with Gasteiger partial charge < -0.3 is 23.7 Å². The van der Waals surface area contributed by atoms with Crippen LogP contribution in [0.25, 0.3) is 0 Å². The fourth-order valence-corrected chi connectivity index (χ4v) is 4.92. The second-order valence-electron chi connectivity index (χ2n) is 9.73. The van der Waals surface area contributed by atoms with Gasteiger partial charge in [0, 0.05) is 6.42 Å². The molecule has 2 unspecified atom stereocenters. The zero-order valence-corrected chi connectivity index (χ0v) is 20.4. The van der Waals surface area contributed by atoms with Gasteiger partial charge in [-0.25, -0.2) is 0 Å². The van der Waals surface area contributed by atoms with E-state index in [-0.39, 0.29) is 30.5 Å². The van der Waals surface area contributed by atoms with Crippen LogP contribution in [0.3, 0.4) is 0 Å². The van der Waals surface area contributed by atoms with Crippen LogP contribution in [0, 0.1) is 0 Å². The monoisotopic (exact) mass is 474 g/mol. The summed E-state index contributed by atoms with van der Waals surface area (Å²) in [4.78, 5) is 0. The summed E-state index contributed by atoms with van der Waals surface area (Å²) in [6, 6.07) is 30.6. The molecule has 1 aliphatic carbocycles. The zero-order valence-electron chi connectivity index (χ0n) is 20.4. The Labute approximate surface area is 207 Å². The van der Waals surface area contributed by atoms with E-state index in [1.165, 1.54) is 0 Å². The molecule has 5 atom stereocenters. The molecule has 2 aliphatic rings. The Balaban J connectivity index is 1.35. The van der Waals surface area contributed by atoms with Gasteiger partial charge in [0.15, 0.2) is 5.79 Å². The Kier molecular flexibility index (Phi) is 7.61. The van der Waals surface area contributed by atoms with Crippen molar-refractivity contribution < 1.29 is 23.7 Å². The molecule has 1 saturated carbocycles. The van der Waals surface area contributed by atoms with E-state index in [1.54, 1.807) is 0 Å². The molecule has 5 heteroatoms. The molecule has 184 valence electrons. The molecule has 0 spiro atoms. The van der Waals surface area contributed by atoms with Crippen LogP contribution in [-0.2, 0) is 43.5 Å². The maximum absolute atomic E-state index is 6.50. The van der Waals surface area contributed by atoms with Crippen LogP contribution >= 0.6 is 0 Å². The van der Waals surface area contributed by atoms with E-state index < -0.39 is 5.79 Å². The summed E-state index contributed by atoms with van der Waals surface area (Å²) in [7, 11) is 0. The Morgan fingerprint density at radius 3 is 1.54 bits per heavy atom. The summed E-state index contributed by atoms with van der Waals surface area (Å²) in [6.45, 7) is 5.41. The highest BCUT2D eigenvalue weighted by Gasteiger charge is 2.55. The molecular formula is C30H34O5. The van der Waals surface area contributed by atoms with Gasteiger partial charge in [0.05, 0.1) is 32.0 Å². The predicted octanol–water partition coefficient (Wildman–Crippen LogP) is 5.67. The highest BCUT2D eigenvalue weighted by molar-refractivity contribution is 5.16. The summed E-state index contributed by atoms with van der Waals surface area (Å²) in [6.07, 6.45) is -0.491. The molecule has 5 nitrogen and oxygen atoms in total. The maximum Gasteiger partial charge on any atom is 0.164 e. The maximum atomic E-state index is 6.50. The zero-order chi connectivity index (χ0) is 24.1. The smallest absolute Gasteiger partial charge is 0.164 e. The molecule has 0 aromatic heterocycles. The minimum Gasteiger partial charge on any atom is -0.371 e. The minimum atomic E-state index is -0.716.